The molecule has 0 aliphatic carbocycles. The number of para-hydroxylation sites is 1. The first-order valence-corrected chi connectivity index (χ1v) is 9.48. The molecular weight excluding hydrogens is 342 g/mol. The first-order valence-electron chi connectivity index (χ1n) is 9.10. The van der Waals surface area contributed by atoms with E-state index in [1.807, 2.05) is 18.2 Å². The molecule has 0 aliphatic heterocycles. The zero-order valence-electron chi connectivity index (χ0n) is 15.1. The molecule has 0 unspecified atom stereocenters. The molecule has 0 saturated heterocycles. The highest BCUT2D eigenvalue weighted by molar-refractivity contribution is 6.35. The van der Waals surface area contributed by atoms with E-state index in [9.17, 15) is 0 Å². The Labute approximate surface area is 158 Å². The molecule has 0 fully saturated rings. The van der Waals surface area contributed by atoms with Gasteiger partial charge in [-0.25, -0.2) is 9.97 Å². The molecule has 26 heavy (non-hydrogen) atoms. The van der Waals surface area contributed by atoms with E-state index in [-0.39, 0.29) is 0 Å². The van der Waals surface area contributed by atoms with E-state index in [0.29, 0.717) is 11.1 Å². The smallest absolute Gasteiger partial charge is 0.157 e. The summed E-state index contributed by atoms with van der Waals surface area (Å²) in [6.07, 6.45) is 1.89. The first kappa shape index (κ1) is 17.0. The molecule has 2 aromatic heterocycles. The van der Waals surface area contributed by atoms with Gasteiger partial charge in [0.05, 0.1) is 11.0 Å². The number of benzene rings is 2. The molecule has 0 bridgehead atoms. The fraction of sp³-hybridized carbons (Fsp3) is 0.273. The number of hydrogen-bond donors (Lipinski definition) is 0. The van der Waals surface area contributed by atoms with E-state index in [1.165, 1.54) is 5.56 Å². The van der Waals surface area contributed by atoms with Crippen LogP contribution in [0.3, 0.4) is 0 Å². The van der Waals surface area contributed by atoms with Crippen LogP contribution >= 0.6 is 11.6 Å². The molecule has 0 spiro atoms. The Morgan fingerprint density at radius 3 is 2.46 bits per heavy atom. The van der Waals surface area contributed by atoms with Gasteiger partial charge in [-0.05, 0) is 24.0 Å². The highest BCUT2D eigenvalue weighted by Gasteiger charge is 2.18. The molecule has 2 heterocycles. The number of halogens is 1. The number of hydrogen-bond acceptors (Lipinski definition) is 2. The van der Waals surface area contributed by atoms with Crippen molar-refractivity contribution in [3.8, 4) is 0 Å². The summed E-state index contributed by atoms with van der Waals surface area (Å²) in [6.45, 7) is 5.32. The number of pyridine rings is 1. The lowest BCUT2D eigenvalue weighted by Crippen LogP contribution is -2.09. The summed E-state index contributed by atoms with van der Waals surface area (Å²) in [5.74, 6) is 1.62. The summed E-state index contributed by atoms with van der Waals surface area (Å²) in [6, 6.07) is 18.8. The van der Waals surface area contributed by atoms with Crippen LogP contribution in [0.25, 0.3) is 21.9 Å². The molecule has 4 aromatic rings. The lowest BCUT2D eigenvalue weighted by atomic mass is 10.1. The molecule has 4 heteroatoms. The molecule has 0 atom stereocenters. The van der Waals surface area contributed by atoms with E-state index < -0.39 is 0 Å². The largest absolute Gasteiger partial charge is 0.327 e. The van der Waals surface area contributed by atoms with E-state index in [2.05, 4.69) is 59.8 Å². The molecule has 0 saturated carbocycles. The van der Waals surface area contributed by atoms with Crippen LogP contribution in [0, 0.1) is 5.92 Å². The third-order valence-electron chi connectivity index (χ3n) is 4.68. The van der Waals surface area contributed by atoms with E-state index in [1.54, 1.807) is 0 Å². The third-order valence-corrected chi connectivity index (χ3v) is 4.94. The van der Waals surface area contributed by atoms with Gasteiger partial charge in [-0.1, -0.05) is 74.0 Å². The van der Waals surface area contributed by atoms with Gasteiger partial charge in [-0.3, -0.25) is 0 Å². The summed E-state index contributed by atoms with van der Waals surface area (Å²) >= 11 is 6.49. The van der Waals surface area contributed by atoms with Gasteiger partial charge in [0, 0.05) is 18.4 Å². The Kier molecular flexibility index (Phi) is 4.64. The van der Waals surface area contributed by atoms with Gasteiger partial charge in [0.2, 0.25) is 0 Å². The fourth-order valence-corrected chi connectivity index (χ4v) is 3.72. The van der Waals surface area contributed by atoms with Crippen molar-refractivity contribution in [1.82, 2.24) is 14.5 Å². The van der Waals surface area contributed by atoms with E-state index in [0.717, 1.165) is 47.1 Å². The minimum atomic E-state index is 0.488. The maximum Gasteiger partial charge on any atom is 0.157 e. The van der Waals surface area contributed by atoms with Crippen LogP contribution < -0.4 is 0 Å². The molecule has 132 valence electrons. The van der Waals surface area contributed by atoms with Crippen LogP contribution in [-0.4, -0.2) is 14.5 Å². The minimum absolute atomic E-state index is 0.488. The van der Waals surface area contributed by atoms with Gasteiger partial charge in [0.25, 0.3) is 0 Å². The lowest BCUT2D eigenvalue weighted by molar-refractivity contribution is 0.579. The molecular formula is C22H22ClN3. The van der Waals surface area contributed by atoms with Crippen molar-refractivity contribution >= 4 is 33.5 Å². The highest BCUT2D eigenvalue weighted by atomic mass is 35.5. The minimum Gasteiger partial charge on any atom is -0.327 e. The van der Waals surface area contributed by atoms with Gasteiger partial charge in [-0.15, -0.1) is 0 Å². The van der Waals surface area contributed by atoms with Gasteiger partial charge in [0.1, 0.15) is 11.3 Å². The number of imidazole rings is 1. The van der Waals surface area contributed by atoms with Crippen molar-refractivity contribution in [2.75, 3.05) is 0 Å². The first-order chi connectivity index (χ1) is 12.6. The number of aromatic nitrogens is 3. The Hall–Kier alpha value is -2.39. The summed E-state index contributed by atoms with van der Waals surface area (Å²) in [5, 5.41) is 1.60. The zero-order valence-corrected chi connectivity index (χ0v) is 15.9. The maximum absolute atomic E-state index is 6.49. The molecule has 2 aromatic carbocycles. The zero-order chi connectivity index (χ0) is 18.1. The highest BCUT2D eigenvalue weighted by Crippen LogP contribution is 2.30. The second-order valence-corrected chi connectivity index (χ2v) is 7.49. The Morgan fingerprint density at radius 2 is 1.69 bits per heavy atom. The summed E-state index contributed by atoms with van der Waals surface area (Å²) < 4.78 is 2.35. The predicted molar refractivity (Wildman–Crippen MR) is 109 cm³/mol. The third kappa shape index (κ3) is 3.19. The van der Waals surface area contributed by atoms with Crippen LogP contribution in [0.15, 0.2) is 54.6 Å². The molecule has 0 aliphatic rings. The van der Waals surface area contributed by atoms with Gasteiger partial charge in [-0.2, -0.15) is 0 Å². The monoisotopic (exact) mass is 363 g/mol. The predicted octanol–water partition coefficient (Wildman–Crippen LogP) is 5.68. The Bertz CT molecular complexity index is 1050. The van der Waals surface area contributed by atoms with E-state index >= 15 is 0 Å². The molecule has 3 nitrogen and oxygen atoms in total. The number of rotatable bonds is 5. The van der Waals surface area contributed by atoms with Crippen LogP contribution in [0.5, 0.6) is 0 Å². The summed E-state index contributed by atoms with van der Waals surface area (Å²) in [7, 11) is 0. The number of nitrogens with zero attached hydrogens (tertiary/aromatic N) is 3. The molecule has 0 N–H and O–H groups in total. The van der Waals surface area contributed by atoms with Crippen molar-refractivity contribution in [3.05, 3.63) is 71.1 Å². The van der Waals surface area contributed by atoms with Crippen LogP contribution in [-0.2, 0) is 19.4 Å². The second kappa shape index (κ2) is 7.08. The van der Waals surface area contributed by atoms with Crippen LogP contribution in [0.1, 0.15) is 25.2 Å². The quantitative estimate of drug-likeness (QED) is 0.427. The standard InChI is InChI=1S/C22H22ClN3/c1-15(2)14-19-25-20-21(17-10-6-7-11-18(17)24-22(20)23)26(19)13-12-16-8-4-3-5-9-16/h3-11,15H,12-14H2,1-2H3. The molecule has 0 amide bonds. The SMILES string of the molecule is CC(C)Cc1nc2c(Cl)nc3ccccc3c2n1CCc1ccccc1. The number of fused-ring (bicyclic) bond motifs is 3. The Balaban J connectivity index is 1.89. The second-order valence-electron chi connectivity index (χ2n) is 7.13. The normalized spacial score (nSPS) is 11.7. The topological polar surface area (TPSA) is 30.7 Å². The molecule has 0 radical (unpaired) electrons. The Morgan fingerprint density at radius 1 is 0.962 bits per heavy atom. The lowest BCUT2D eigenvalue weighted by Gasteiger charge is -2.12. The van der Waals surface area contributed by atoms with Gasteiger partial charge < -0.3 is 4.57 Å². The van der Waals surface area contributed by atoms with Gasteiger partial charge in [0.15, 0.2) is 5.15 Å². The van der Waals surface area contributed by atoms with Crippen molar-refractivity contribution < 1.29 is 0 Å². The average molecular weight is 364 g/mol. The molecule has 4 rings (SSSR count). The average Bonchev–Trinajstić information content (AvgIpc) is 2.99. The van der Waals surface area contributed by atoms with Crippen LogP contribution in [0.2, 0.25) is 5.15 Å². The number of aryl methyl sites for hydroxylation is 2. The van der Waals surface area contributed by atoms with Crippen molar-refractivity contribution in [2.24, 2.45) is 5.92 Å². The summed E-state index contributed by atoms with van der Waals surface area (Å²) in [5.41, 5.74) is 4.16. The van der Waals surface area contributed by atoms with Crippen molar-refractivity contribution in [2.45, 2.75) is 33.2 Å². The van der Waals surface area contributed by atoms with Gasteiger partial charge >= 0.3 is 0 Å². The van der Waals surface area contributed by atoms with Crippen molar-refractivity contribution in [1.29, 1.82) is 0 Å². The fourth-order valence-electron chi connectivity index (χ4n) is 3.49. The van der Waals surface area contributed by atoms with Crippen molar-refractivity contribution in [3.63, 3.8) is 0 Å². The van der Waals surface area contributed by atoms with Crippen LogP contribution in [0.4, 0.5) is 0 Å². The maximum atomic E-state index is 6.49. The summed E-state index contributed by atoms with van der Waals surface area (Å²) in [4.78, 5) is 9.43. The van der Waals surface area contributed by atoms with E-state index in [4.69, 9.17) is 16.6 Å².